The van der Waals surface area contributed by atoms with E-state index in [1.165, 1.54) is 17.1 Å². The number of hydrogen-bond acceptors (Lipinski definition) is 4. The molecule has 0 radical (unpaired) electrons. The number of carbonyl (C=O) groups is 1. The average Bonchev–Trinajstić information content (AvgIpc) is 2.73. The minimum atomic E-state index is -4.87. The van der Waals surface area contributed by atoms with Gasteiger partial charge in [-0.1, -0.05) is 0 Å². The summed E-state index contributed by atoms with van der Waals surface area (Å²) in [6.45, 7) is 0. The second kappa shape index (κ2) is 4.34. The summed E-state index contributed by atoms with van der Waals surface area (Å²) in [5.74, 6) is -1.97. The van der Waals surface area contributed by atoms with Crippen molar-refractivity contribution < 1.29 is 23.1 Å². The number of nitrogens with zero attached hydrogens (tertiary/aromatic N) is 4. The minimum Gasteiger partial charge on any atom is -0.478 e. The van der Waals surface area contributed by atoms with Gasteiger partial charge in [0.05, 0.1) is 12.5 Å². The van der Waals surface area contributed by atoms with Crippen LogP contribution in [0.3, 0.4) is 0 Å². The lowest BCUT2D eigenvalue weighted by atomic mass is 10.2. The number of carboxylic acids is 1. The van der Waals surface area contributed by atoms with Crippen LogP contribution in [0, 0.1) is 0 Å². The molecule has 0 aliphatic heterocycles. The maximum absolute atomic E-state index is 12.8. The van der Waals surface area contributed by atoms with Gasteiger partial charge in [0.2, 0.25) is 0 Å². The van der Waals surface area contributed by atoms with Crippen LogP contribution in [0.1, 0.15) is 16.1 Å². The van der Waals surface area contributed by atoms with Gasteiger partial charge in [0.15, 0.2) is 11.5 Å². The molecule has 6 nitrogen and oxygen atoms in total. The van der Waals surface area contributed by atoms with Crippen molar-refractivity contribution in [1.82, 2.24) is 19.5 Å². The van der Waals surface area contributed by atoms with Crippen LogP contribution < -0.4 is 0 Å². The Morgan fingerprint density at radius 1 is 1.37 bits per heavy atom. The molecule has 0 unspecified atom stereocenters. The first kappa shape index (κ1) is 13.0. The molecule has 0 atom stereocenters. The summed E-state index contributed by atoms with van der Waals surface area (Å²) in [5, 5.41) is 8.71. The summed E-state index contributed by atoms with van der Waals surface area (Å²) in [6.07, 6.45) is -1.57. The predicted molar refractivity (Wildman–Crippen MR) is 56.2 cm³/mol. The fourth-order valence-electron chi connectivity index (χ4n) is 1.45. The highest BCUT2D eigenvalue weighted by Gasteiger charge is 2.38. The molecule has 19 heavy (non-hydrogen) atoms. The van der Waals surface area contributed by atoms with E-state index in [1.54, 1.807) is 7.05 Å². The third kappa shape index (κ3) is 2.39. The number of imidazole rings is 1. The van der Waals surface area contributed by atoms with E-state index in [0.29, 0.717) is 6.20 Å². The highest BCUT2D eigenvalue weighted by molar-refractivity contribution is 5.88. The Hall–Kier alpha value is -2.45. The van der Waals surface area contributed by atoms with Crippen LogP contribution in [0.2, 0.25) is 0 Å². The summed E-state index contributed by atoms with van der Waals surface area (Å²) in [5.41, 5.74) is -2.22. The van der Waals surface area contributed by atoms with Crippen LogP contribution in [0.15, 0.2) is 18.7 Å². The van der Waals surface area contributed by atoms with E-state index < -0.39 is 23.4 Å². The molecule has 2 rings (SSSR count). The molecule has 100 valence electrons. The molecular weight excluding hydrogens is 265 g/mol. The lowest BCUT2D eigenvalue weighted by Gasteiger charge is -2.10. The van der Waals surface area contributed by atoms with Crippen LogP contribution in [0.4, 0.5) is 13.2 Å². The molecule has 1 N–H and O–H groups in total. The third-order valence-electron chi connectivity index (χ3n) is 2.33. The Balaban J connectivity index is 2.63. The summed E-state index contributed by atoms with van der Waals surface area (Å²) in [6, 6.07) is 0. The van der Waals surface area contributed by atoms with Gasteiger partial charge >= 0.3 is 12.1 Å². The highest BCUT2D eigenvalue weighted by Crippen LogP contribution is 2.31. The Morgan fingerprint density at radius 3 is 2.53 bits per heavy atom. The van der Waals surface area contributed by atoms with Crippen LogP contribution in [0.25, 0.3) is 11.5 Å². The van der Waals surface area contributed by atoms with Crippen molar-refractivity contribution in [1.29, 1.82) is 0 Å². The van der Waals surface area contributed by atoms with Gasteiger partial charge in [-0.25, -0.2) is 19.7 Å². The molecular formula is C10H7F3N4O2. The molecule has 2 aromatic rings. The number of aryl methyl sites for hydroxylation is 1. The highest BCUT2D eigenvalue weighted by atomic mass is 19.4. The van der Waals surface area contributed by atoms with Crippen molar-refractivity contribution in [3.05, 3.63) is 30.0 Å². The van der Waals surface area contributed by atoms with E-state index in [9.17, 15) is 18.0 Å². The zero-order valence-electron chi connectivity index (χ0n) is 9.51. The molecule has 2 heterocycles. The Kier molecular flexibility index (Phi) is 2.97. The molecule has 0 saturated heterocycles. The average molecular weight is 272 g/mol. The Bertz CT molecular complexity index is 636. The van der Waals surface area contributed by atoms with Crippen LogP contribution >= 0.6 is 0 Å². The first-order valence-corrected chi connectivity index (χ1v) is 4.95. The molecule has 0 fully saturated rings. The van der Waals surface area contributed by atoms with E-state index in [2.05, 4.69) is 15.0 Å². The van der Waals surface area contributed by atoms with E-state index in [4.69, 9.17) is 5.11 Å². The number of carboxylic acid groups (broad SMARTS) is 1. The van der Waals surface area contributed by atoms with Crippen LogP contribution in [-0.4, -0.2) is 30.6 Å². The van der Waals surface area contributed by atoms with Gasteiger partial charge in [0.1, 0.15) is 11.3 Å². The lowest BCUT2D eigenvalue weighted by molar-refractivity contribution is -0.141. The van der Waals surface area contributed by atoms with E-state index in [1.807, 2.05) is 0 Å². The van der Waals surface area contributed by atoms with Crippen LogP contribution in [-0.2, 0) is 13.2 Å². The number of aromatic nitrogens is 4. The van der Waals surface area contributed by atoms with Gasteiger partial charge in [-0.05, 0) is 0 Å². The number of hydrogen-bond donors (Lipinski definition) is 1. The van der Waals surface area contributed by atoms with E-state index >= 15 is 0 Å². The zero-order valence-corrected chi connectivity index (χ0v) is 9.51. The number of halogens is 3. The van der Waals surface area contributed by atoms with Crippen molar-refractivity contribution in [3.63, 3.8) is 0 Å². The molecule has 0 amide bonds. The molecule has 2 aromatic heterocycles. The maximum Gasteiger partial charge on any atom is 0.434 e. The Labute approximate surface area is 104 Å². The summed E-state index contributed by atoms with van der Waals surface area (Å²) >= 11 is 0. The first-order valence-electron chi connectivity index (χ1n) is 4.95. The summed E-state index contributed by atoms with van der Waals surface area (Å²) in [4.78, 5) is 21.4. The second-order valence-electron chi connectivity index (χ2n) is 3.65. The van der Waals surface area contributed by atoms with Crippen molar-refractivity contribution >= 4 is 5.97 Å². The molecule has 0 aliphatic carbocycles. The van der Waals surface area contributed by atoms with Gasteiger partial charge in [-0.2, -0.15) is 13.2 Å². The molecule has 0 saturated carbocycles. The van der Waals surface area contributed by atoms with E-state index in [-0.39, 0.29) is 11.5 Å². The van der Waals surface area contributed by atoms with Gasteiger partial charge < -0.3 is 9.67 Å². The summed E-state index contributed by atoms with van der Waals surface area (Å²) in [7, 11) is 1.56. The number of alkyl halides is 3. The maximum atomic E-state index is 12.8. The minimum absolute atomic E-state index is 0.239. The van der Waals surface area contributed by atoms with Crippen LogP contribution in [0.5, 0.6) is 0 Å². The monoisotopic (exact) mass is 272 g/mol. The largest absolute Gasteiger partial charge is 0.478 e. The van der Waals surface area contributed by atoms with Crippen molar-refractivity contribution in [2.24, 2.45) is 7.05 Å². The number of aromatic carboxylic acids is 1. The first-order chi connectivity index (χ1) is 8.80. The van der Waals surface area contributed by atoms with Gasteiger partial charge in [-0.15, -0.1) is 0 Å². The quantitative estimate of drug-likeness (QED) is 0.897. The molecule has 0 bridgehead atoms. The predicted octanol–water partition coefficient (Wildman–Crippen LogP) is 1.59. The normalized spacial score (nSPS) is 11.6. The van der Waals surface area contributed by atoms with Gasteiger partial charge in [0, 0.05) is 13.2 Å². The van der Waals surface area contributed by atoms with Gasteiger partial charge in [0.25, 0.3) is 0 Å². The Morgan fingerprint density at radius 2 is 2.05 bits per heavy atom. The van der Waals surface area contributed by atoms with Crippen molar-refractivity contribution in [3.8, 4) is 11.5 Å². The molecule has 0 spiro atoms. The van der Waals surface area contributed by atoms with Crippen molar-refractivity contribution in [2.75, 3.05) is 0 Å². The second-order valence-corrected chi connectivity index (χ2v) is 3.65. The number of rotatable bonds is 2. The smallest absolute Gasteiger partial charge is 0.434 e. The lowest BCUT2D eigenvalue weighted by Crippen LogP contribution is -2.17. The fraction of sp³-hybridized carbons (Fsp3) is 0.200. The standard InChI is InChI=1S/C10H7F3N4O2/c1-17-4-14-3-6(17)8-15-2-5(9(18)19)7(16-8)10(11,12)13/h2-4H,1H3,(H,18,19). The van der Waals surface area contributed by atoms with Crippen molar-refractivity contribution in [2.45, 2.75) is 6.18 Å². The SMILES string of the molecule is Cn1cncc1-c1ncc(C(=O)O)c(C(F)(F)F)n1. The molecule has 0 aliphatic rings. The molecule has 0 aromatic carbocycles. The zero-order chi connectivity index (χ0) is 14.2. The van der Waals surface area contributed by atoms with Gasteiger partial charge in [-0.3, -0.25) is 0 Å². The third-order valence-corrected chi connectivity index (χ3v) is 2.33. The molecule has 9 heteroatoms. The fourth-order valence-corrected chi connectivity index (χ4v) is 1.45. The summed E-state index contributed by atoms with van der Waals surface area (Å²) < 4.78 is 39.7. The topological polar surface area (TPSA) is 80.9 Å². The van der Waals surface area contributed by atoms with E-state index in [0.717, 1.165) is 0 Å².